The van der Waals surface area contributed by atoms with Crippen molar-refractivity contribution in [2.45, 2.75) is 39.0 Å². The smallest absolute Gasteiger partial charge is 0.130 e. The molecule has 1 atom stereocenters. The molecule has 2 heteroatoms. The van der Waals surface area contributed by atoms with E-state index in [4.69, 9.17) is 0 Å². The minimum Gasteiger partial charge on any atom is -0.507 e. The van der Waals surface area contributed by atoms with E-state index in [1.54, 1.807) is 0 Å². The number of aromatic hydroxyl groups is 1. The summed E-state index contributed by atoms with van der Waals surface area (Å²) in [7, 11) is 0. The highest BCUT2D eigenvalue weighted by Crippen LogP contribution is 2.36. The monoisotopic (exact) mass is 332 g/mol. The van der Waals surface area contributed by atoms with E-state index in [0.717, 1.165) is 23.7 Å². The summed E-state index contributed by atoms with van der Waals surface area (Å²) >= 11 is 3.43. The fraction of sp³-hybridized carbons (Fsp3) is 0.333. The highest BCUT2D eigenvalue weighted by molar-refractivity contribution is 9.10. The summed E-state index contributed by atoms with van der Waals surface area (Å²) in [6.45, 7) is 4.39. The molecule has 20 heavy (non-hydrogen) atoms. The molecular weight excluding hydrogens is 312 g/mol. The zero-order valence-electron chi connectivity index (χ0n) is 12.1. The van der Waals surface area contributed by atoms with Gasteiger partial charge in [0.1, 0.15) is 5.75 Å². The van der Waals surface area contributed by atoms with Crippen molar-refractivity contribution in [1.82, 2.24) is 0 Å². The summed E-state index contributed by atoms with van der Waals surface area (Å²) in [6, 6.07) is 14.5. The Kier molecular flexibility index (Phi) is 5.24. The van der Waals surface area contributed by atoms with Crippen LogP contribution in [0.3, 0.4) is 0 Å². The lowest BCUT2D eigenvalue weighted by Gasteiger charge is -2.20. The molecule has 1 N–H and O–H groups in total. The predicted octanol–water partition coefficient (Wildman–Crippen LogP) is 5.65. The number of halogens is 1. The summed E-state index contributed by atoms with van der Waals surface area (Å²) in [5, 5.41) is 10.0. The van der Waals surface area contributed by atoms with Crippen LogP contribution in [-0.2, 0) is 6.42 Å². The molecule has 0 radical (unpaired) electrons. The third kappa shape index (κ3) is 3.24. The Bertz CT molecular complexity index is 563. The van der Waals surface area contributed by atoms with Gasteiger partial charge in [-0.25, -0.2) is 0 Å². The van der Waals surface area contributed by atoms with Crippen LogP contribution in [-0.4, -0.2) is 5.11 Å². The second-order valence-corrected chi connectivity index (χ2v) is 5.98. The highest BCUT2D eigenvalue weighted by atomic mass is 79.9. The van der Waals surface area contributed by atoms with E-state index >= 15 is 0 Å². The van der Waals surface area contributed by atoms with Gasteiger partial charge in [-0.3, -0.25) is 0 Å². The molecular formula is C18H21BrO. The first-order valence-corrected chi connectivity index (χ1v) is 8.02. The largest absolute Gasteiger partial charge is 0.507 e. The van der Waals surface area contributed by atoms with Crippen LogP contribution >= 0.6 is 15.9 Å². The second kappa shape index (κ2) is 6.94. The molecule has 0 aliphatic rings. The zero-order chi connectivity index (χ0) is 14.5. The molecule has 1 unspecified atom stereocenters. The number of rotatable bonds is 5. The van der Waals surface area contributed by atoms with E-state index in [1.165, 1.54) is 16.7 Å². The SMILES string of the molecule is CCCc1cc(Br)c(O)cc1C(CC)c1ccccc1. The molecule has 0 aliphatic carbocycles. The van der Waals surface area contributed by atoms with Gasteiger partial charge in [-0.1, -0.05) is 50.6 Å². The summed E-state index contributed by atoms with van der Waals surface area (Å²) < 4.78 is 0.785. The molecule has 0 aliphatic heterocycles. The lowest BCUT2D eigenvalue weighted by Crippen LogP contribution is -2.04. The van der Waals surface area contributed by atoms with E-state index < -0.39 is 0 Å². The molecule has 0 spiro atoms. The maximum Gasteiger partial charge on any atom is 0.130 e. The highest BCUT2D eigenvalue weighted by Gasteiger charge is 2.17. The van der Waals surface area contributed by atoms with Crippen molar-refractivity contribution in [2.75, 3.05) is 0 Å². The minimum absolute atomic E-state index is 0.328. The second-order valence-electron chi connectivity index (χ2n) is 5.12. The van der Waals surface area contributed by atoms with Crippen molar-refractivity contribution in [3.05, 3.63) is 63.6 Å². The third-order valence-electron chi connectivity index (χ3n) is 3.71. The maximum absolute atomic E-state index is 10.0. The molecule has 2 aromatic rings. The van der Waals surface area contributed by atoms with Crippen molar-refractivity contribution in [1.29, 1.82) is 0 Å². The first-order chi connectivity index (χ1) is 9.67. The van der Waals surface area contributed by atoms with E-state index in [1.807, 2.05) is 12.1 Å². The molecule has 0 aromatic heterocycles. The predicted molar refractivity (Wildman–Crippen MR) is 88.4 cm³/mol. The summed E-state index contributed by atoms with van der Waals surface area (Å²) in [5.41, 5.74) is 3.89. The van der Waals surface area contributed by atoms with Gasteiger partial charge in [0.15, 0.2) is 0 Å². The van der Waals surface area contributed by atoms with Crippen molar-refractivity contribution in [3.8, 4) is 5.75 Å². The van der Waals surface area contributed by atoms with Gasteiger partial charge in [0, 0.05) is 5.92 Å². The lowest BCUT2D eigenvalue weighted by atomic mass is 9.85. The number of aryl methyl sites for hydroxylation is 1. The van der Waals surface area contributed by atoms with E-state index in [0.29, 0.717) is 11.7 Å². The molecule has 0 amide bonds. The molecule has 1 nitrogen and oxygen atoms in total. The van der Waals surface area contributed by atoms with Gasteiger partial charge in [0.2, 0.25) is 0 Å². The number of hydrogen-bond donors (Lipinski definition) is 1. The van der Waals surface area contributed by atoms with Gasteiger partial charge in [0.05, 0.1) is 4.47 Å². The topological polar surface area (TPSA) is 20.2 Å². The molecule has 0 bridgehead atoms. The van der Waals surface area contributed by atoms with Gasteiger partial charge < -0.3 is 5.11 Å². The van der Waals surface area contributed by atoms with Crippen LogP contribution in [0.4, 0.5) is 0 Å². The molecule has 0 saturated heterocycles. The lowest BCUT2D eigenvalue weighted by molar-refractivity contribution is 0.470. The number of benzene rings is 2. The van der Waals surface area contributed by atoms with Crippen molar-refractivity contribution in [3.63, 3.8) is 0 Å². The number of hydrogen-bond acceptors (Lipinski definition) is 1. The van der Waals surface area contributed by atoms with Gasteiger partial charge in [-0.2, -0.15) is 0 Å². The Morgan fingerprint density at radius 2 is 1.80 bits per heavy atom. The van der Waals surface area contributed by atoms with Crippen LogP contribution in [0.1, 0.15) is 49.3 Å². The average Bonchev–Trinajstić information content (AvgIpc) is 2.46. The Hall–Kier alpha value is -1.28. The van der Waals surface area contributed by atoms with Gasteiger partial charge in [0.25, 0.3) is 0 Å². The maximum atomic E-state index is 10.0. The van der Waals surface area contributed by atoms with Crippen LogP contribution < -0.4 is 0 Å². The van der Waals surface area contributed by atoms with Crippen LogP contribution in [0.15, 0.2) is 46.9 Å². The quantitative estimate of drug-likeness (QED) is 0.750. The van der Waals surface area contributed by atoms with Crippen LogP contribution in [0, 0.1) is 0 Å². The number of phenols is 1. The van der Waals surface area contributed by atoms with E-state index in [-0.39, 0.29) is 0 Å². The van der Waals surface area contributed by atoms with Gasteiger partial charge >= 0.3 is 0 Å². The average molecular weight is 333 g/mol. The summed E-state index contributed by atoms with van der Waals surface area (Å²) in [6.07, 6.45) is 3.18. The first-order valence-electron chi connectivity index (χ1n) is 7.23. The molecule has 2 aromatic carbocycles. The Morgan fingerprint density at radius 1 is 1.10 bits per heavy atom. The fourth-order valence-electron chi connectivity index (χ4n) is 2.75. The Labute approximate surface area is 129 Å². The first kappa shape index (κ1) is 15.1. The van der Waals surface area contributed by atoms with Crippen LogP contribution in [0.5, 0.6) is 5.75 Å². The molecule has 2 rings (SSSR count). The zero-order valence-corrected chi connectivity index (χ0v) is 13.7. The van der Waals surface area contributed by atoms with Gasteiger partial charge in [-0.15, -0.1) is 0 Å². The van der Waals surface area contributed by atoms with Crippen LogP contribution in [0.25, 0.3) is 0 Å². The van der Waals surface area contributed by atoms with Crippen LogP contribution in [0.2, 0.25) is 0 Å². The van der Waals surface area contributed by atoms with Gasteiger partial charge in [-0.05, 0) is 57.6 Å². The standard InChI is InChI=1S/C18H21BrO/c1-3-8-14-11-17(19)18(20)12-16(14)15(4-2)13-9-6-5-7-10-13/h5-7,9-12,15,20H,3-4,8H2,1-2H3. The van der Waals surface area contributed by atoms with Crippen molar-refractivity contribution in [2.24, 2.45) is 0 Å². The summed E-state index contributed by atoms with van der Waals surface area (Å²) in [5.74, 6) is 0.672. The summed E-state index contributed by atoms with van der Waals surface area (Å²) in [4.78, 5) is 0. The van der Waals surface area contributed by atoms with E-state index in [2.05, 4.69) is 60.1 Å². The number of phenolic OH excluding ortho intramolecular Hbond substituents is 1. The van der Waals surface area contributed by atoms with Crippen molar-refractivity contribution >= 4 is 15.9 Å². The third-order valence-corrected chi connectivity index (χ3v) is 4.35. The van der Waals surface area contributed by atoms with Crippen molar-refractivity contribution < 1.29 is 5.11 Å². The fourth-order valence-corrected chi connectivity index (χ4v) is 3.14. The Balaban J connectivity index is 2.51. The molecule has 106 valence electrons. The normalized spacial score (nSPS) is 12.3. The minimum atomic E-state index is 0.328. The Morgan fingerprint density at radius 3 is 2.40 bits per heavy atom. The molecule has 0 fully saturated rings. The molecule has 0 saturated carbocycles. The van der Waals surface area contributed by atoms with E-state index in [9.17, 15) is 5.11 Å². The molecule has 0 heterocycles.